The first-order valence-corrected chi connectivity index (χ1v) is 8.89. The van der Waals surface area contributed by atoms with Crippen LogP contribution in [0.4, 0.5) is 4.79 Å². The van der Waals surface area contributed by atoms with E-state index in [1.165, 1.54) is 5.39 Å². The third-order valence-electron chi connectivity index (χ3n) is 3.83. The van der Waals surface area contributed by atoms with Gasteiger partial charge in [-0.25, -0.2) is 0 Å². The largest absolute Gasteiger partial charge is 0.493 e. The highest BCUT2D eigenvalue weighted by molar-refractivity contribution is 8.18. The zero-order valence-electron chi connectivity index (χ0n) is 13.3. The lowest BCUT2D eigenvalue weighted by molar-refractivity contribution is -0.115. The molecule has 5 heteroatoms. The van der Waals surface area contributed by atoms with Crippen molar-refractivity contribution in [2.45, 2.75) is 25.7 Å². The predicted molar refractivity (Wildman–Crippen MR) is 97.1 cm³/mol. The molecule has 0 aromatic heterocycles. The van der Waals surface area contributed by atoms with Gasteiger partial charge >= 0.3 is 0 Å². The van der Waals surface area contributed by atoms with E-state index in [-0.39, 0.29) is 11.1 Å². The van der Waals surface area contributed by atoms with Crippen molar-refractivity contribution < 1.29 is 14.3 Å². The van der Waals surface area contributed by atoms with Crippen molar-refractivity contribution in [3.05, 3.63) is 53.4 Å². The van der Waals surface area contributed by atoms with Crippen molar-refractivity contribution >= 4 is 33.7 Å². The van der Waals surface area contributed by atoms with E-state index < -0.39 is 0 Å². The Bertz CT molecular complexity index is 780. The molecule has 1 aliphatic heterocycles. The number of nitrogens with one attached hydrogen (secondary N) is 1. The highest BCUT2D eigenvalue weighted by Crippen LogP contribution is 2.26. The summed E-state index contributed by atoms with van der Waals surface area (Å²) in [5, 5.41) is 4.30. The Kier molecular flexibility index (Phi) is 5.54. The van der Waals surface area contributed by atoms with Gasteiger partial charge in [-0.2, -0.15) is 0 Å². The molecule has 1 aliphatic rings. The van der Waals surface area contributed by atoms with Crippen molar-refractivity contribution in [3.8, 4) is 5.75 Å². The molecular weight excluding hydrogens is 322 g/mol. The lowest BCUT2D eigenvalue weighted by Gasteiger charge is -2.09. The van der Waals surface area contributed by atoms with Gasteiger partial charge in [0.1, 0.15) is 5.75 Å². The van der Waals surface area contributed by atoms with Crippen LogP contribution in [0.15, 0.2) is 53.4 Å². The maximum Gasteiger partial charge on any atom is 0.290 e. The van der Waals surface area contributed by atoms with Gasteiger partial charge in [0.05, 0.1) is 11.5 Å². The predicted octanol–water partition coefficient (Wildman–Crippen LogP) is 4.65. The molecule has 0 aliphatic carbocycles. The van der Waals surface area contributed by atoms with Crippen LogP contribution >= 0.6 is 11.8 Å². The van der Waals surface area contributed by atoms with Crippen molar-refractivity contribution in [2.75, 3.05) is 6.61 Å². The van der Waals surface area contributed by atoms with Crippen LogP contribution in [0, 0.1) is 0 Å². The average Bonchev–Trinajstić information content (AvgIpc) is 2.91. The number of thioether (sulfide) groups is 1. The standard InChI is InChI=1S/C19H19NO3S/c21-18-17(24-19(22)20-18)12-3-1-2-6-13-23-16-11-7-9-14-8-4-5-10-15(14)16/h4-5,7-12H,1-3,6,13H2,(H,20,21,22). The molecule has 124 valence electrons. The summed E-state index contributed by atoms with van der Waals surface area (Å²) in [6.45, 7) is 0.679. The van der Waals surface area contributed by atoms with E-state index in [1.807, 2.05) is 30.3 Å². The smallest absolute Gasteiger partial charge is 0.290 e. The molecule has 1 saturated heterocycles. The molecular formula is C19H19NO3S. The van der Waals surface area contributed by atoms with E-state index >= 15 is 0 Å². The summed E-state index contributed by atoms with van der Waals surface area (Å²) in [4.78, 5) is 22.9. The molecule has 1 N–H and O–H groups in total. The third-order valence-corrected chi connectivity index (χ3v) is 4.69. The number of ether oxygens (including phenoxy) is 1. The minimum atomic E-state index is -0.283. The zero-order valence-corrected chi connectivity index (χ0v) is 14.1. The molecule has 0 bridgehead atoms. The molecule has 0 spiro atoms. The molecule has 4 nitrogen and oxygen atoms in total. The minimum Gasteiger partial charge on any atom is -0.493 e. The van der Waals surface area contributed by atoms with Gasteiger partial charge in [-0.3, -0.25) is 14.9 Å². The molecule has 0 radical (unpaired) electrons. The lowest BCUT2D eigenvalue weighted by Crippen LogP contribution is -2.17. The molecule has 0 unspecified atom stereocenters. The highest BCUT2D eigenvalue weighted by atomic mass is 32.2. The second kappa shape index (κ2) is 8.02. The van der Waals surface area contributed by atoms with Crippen molar-refractivity contribution in [1.82, 2.24) is 5.32 Å². The van der Waals surface area contributed by atoms with Crippen molar-refractivity contribution in [3.63, 3.8) is 0 Å². The molecule has 3 rings (SSSR count). The summed E-state index contributed by atoms with van der Waals surface area (Å²) in [6.07, 6.45) is 5.61. The first-order valence-electron chi connectivity index (χ1n) is 8.08. The lowest BCUT2D eigenvalue weighted by atomic mass is 10.1. The Labute approximate surface area is 145 Å². The molecule has 2 aromatic carbocycles. The SMILES string of the molecule is O=C1NC(=O)C(=CCCCCCOc2cccc3ccccc23)S1. The number of allylic oxidation sites excluding steroid dienone is 1. The number of carbonyl (C=O) groups is 2. The van der Waals surface area contributed by atoms with Gasteiger partial charge in [-0.05, 0) is 48.9 Å². The minimum absolute atomic E-state index is 0.274. The molecule has 1 heterocycles. The van der Waals surface area contributed by atoms with Gasteiger partial charge in [0, 0.05) is 5.39 Å². The number of benzene rings is 2. The molecule has 24 heavy (non-hydrogen) atoms. The normalized spacial score (nSPS) is 15.9. The van der Waals surface area contributed by atoms with E-state index in [1.54, 1.807) is 0 Å². The van der Waals surface area contributed by atoms with E-state index in [4.69, 9.17) is 4.74 Å². The number of carbonyl (C=O) groups excluding carboxylic acids is 2. The fraction of sp³-hybridized carbons (Fsp3) is 0.263. The van der Waals surface area contributed by atoms with Crippen molar-refractivity contribution in [1.29, 1.82) is 0 Å². The average molecular weight is 341 g/mol. The summed E-state index contributed by atoms with van der Waals surface area (Å²) in [6, 6.07) is 14.3. The van der Waals surface area contributed by atoms with Crippen LogP contribution in [0.25, 0.3) is 10.8 Å². The summed E-state index contributed by atoms with van der Waals surface area (Å²) in [7, 11) is 0. The second-order valence-corrected chi connectivity index (χ2v) is 6.60. The van der Waals surface area contributed by atoms with E-state index in [0.717, 1.165) is 48.6 Å². The summed E-state index contributed by atoms with van der Waals surface area (Å²) in [5.74, 6) is 0.650. The van der Waals surface area contributed by atoms with Crippen LogP contribution in [0.1, 0.15) is 25.7 Å². The van der Waals surface area contributed by atoms with Crippen molar-refractivity contribution in [2.24, 2.45) is 0 Å². The zero-order chi connectivity index (χ0) is 16.8. The Morgan fingerprint density at radius 1 is 1.00 bits per heavy atom. The van der Waals surface area contributed by atoms with Gasteiger partial charge in [-0.1, -0.05) is 42.5 Å². The molecule has 2 amide bonds. The van der Waals surface area contributed by atoms with Gasteiger partial charge in [0.15, 0.2) is 0 Å². The summed E-state index contributed by atoms with van der Waals surface area (Å²) < 4.78 is 5.90. The number of rotatable bonds is 7. The van der Waals surface area contributed by atoms with Gasteiger partial charge in [0.2, 0.25) is 0 Å². The van der Waals surface area contributed by atoms with Crippen LogP contribution in [-0.2, 0) is 4.79 Å². The first kappa shape index (κ1) is 16.6. The summed E-state index contributed by atoms with van der Waals surface area (Å²) in [5.41, 5.74) is 0. The fourth-order valence-corrected chi connectivity index (χ4v) is 3.31. The number of hydrogen-bond donors (Lipinski definition) is 1. The van der Waals surface area contributed by atoms with Crippen LogP contribution < -0.4 is 10.1 Å². The van der Waals surface area contributed by atoms with E-state index in [0.29, 0.717) is 11.5 Å². The number of amides is 2. The number of fused-ring (bicyclic) bond motifs is 1. The Morgan fingerprint density at radius 3 is 2.67 bits per heavy atom. The highest BCUT2D eigenvalue weighted by Gasteiger charge is 2.24. The monoisotopic (exact) mass is 341 g/mol. The molecule has 0 atom stereocenters. The Morgan fingerprint density at radius 2 is 1.83 bits per heavy atom. The van der Waals surface area contributed by atoms with E-state index in [2.05, 4.69) is 23.5 Å². The van der Waals surface area contributed by atoms with Gasteiger partial charge < -0.3 is 4.74 Å². The fourth-order valence-electron chi connectivity index (χ4n) is 2.62. The molecule has 1 fully saturated rings. The maximum atomic E-state index is 11.4. The third kappa shape index (κ3) is 4.17. The van der Waals surface area contributed by atoms with Crippen LogP contribution in [-0.4, -0.2) is 17.8 Å². The number of hydrogen-bond acceptors (Lipinski definition) is 4. The quantitative estimate of drug-likeness (QED) is 0.588. The van der Waals surface area contributed by atoms with Crippen LogP contribution in [0.3, 0.4) is 0 Å². The topological polar surface area (TPSA) is 55.4 Å². The Hall–Kier alpha value is -2.27. The van der Waals surface area contributed by atoms with E-state index in [9.17, 15) is 9.59 Å². The molecule has 0 saturated carbocycles. The maximum absolute atomic E-state index is 11.4. The van der Waals surface area contributed by atoms with Gasteiger partial charge in [0.25, 0.3) is 11.1 Å². The summed E-state index contributed by atoms with van der Waals surface area (Å²) >= 11 is 0.977. The van der Waals surface area contributed by atoms with Crippen LogP contribution in [0.5, 0.6) is 5.75 Å². The van der Waals surface area contributed by atoms with Gasteiger partial charge in [-0.15, -0.1) is 0 Å². The Balaban J connectivity index is 1.39. The second-order valence-electron chi connectivity index (χ2n) is 5.59. The number of unbranched alkanes of at least 4 members (excludes halogenated alkanes) is 3. The number of imide groups is 1. The van der Waals surface area contributed by atoms with Crippen LogP contribution in [0.2, 0.25) is 0 Å². The first-order chi connectivity index (χ1) is 11.7. The molecule has 2 aromatic rings.